The average Bonchev–Trinajstić information content (AvgIpc) is 2.72. The predicted molar refractivity (Wildman–Crippen MR) is 64.5 cm³/mol. The molecular formula is C13H13N3O. The molecule has 0 bridgehead atoms. The lowest BCUT2D eigenvalue weighted by atomic mass is 10.1. The fourth-order valence-electron chi connectivity index (χ4n) is 1.58. The third-order valence-electron chi connectivity index (χ3n) is 2.50. The van der Waals surface area contributed by atoms with Crippen molar-refractivity contribution in [3.8, 4) is 6.07 Å². The van der Waals surface area contributed by atoms with Crippen LogP contribution < -0.4 is 5.32 Å². The van der Waals surface area contributed by atoms with Gasteiger partial charge in [0.2, 0.25) is 0 Å². The first-order valence-electron chi connectivity index (χ1n) is 5.35. The highest BCUT2D eigenvalue weighted by molar-refractivity contribution is 5.55. The molecule has 0 fully saturated rings. The molecule has 0 saturated carbocycles. The maximum Gasteiger partial charge on any atom is 0.144 e. The van der Waals surface area contributed by atoms with E-state index in [9.17, 15) is 0 Å². The Morgan fingerprint density at radius 2 is 2.18 bits per heavy atom. The number of nitrogens with one attached hydrogen (secondary N) is 1. The van der Waals surface area contributed by atoms with Gasteiger partial charge in [0, 0.05) is 6.20 Å². The molecule has 0 aliphatic carbocycles. The zero-order valence-corrected chi connectivity index (χ0v) is 9.82. The highest BCUT2D eigenvalue weighted by atomic mass is 16.3. The van der Waals surface area contributed by atoms with Crippen molar-refractivity contribution >= 4 is 5.82 Å². The van der Waals surface area contributed by atoms with Crippen molar-refractivity contribution in [2.24, 2.45) is 0 Å². The summed E-state index contributed by atoms with van der Waals surface area (Å²) in [5.41, 5.74) is 1.50. The Morgan fingerprint density at radius 3 is 2.82 bits per heavy atom. The van der Waals surface area contributed by atoms with Crippen molar-refractivity contribution in [1.29, 1.82) is 5.26 Å². The van der Waals surface area contributed by atoms with Gasteiger partial charge in [-0.05, 0) is 37.6 Å². The summed E-state index contributed by atoms with van der Waals surface area (Å²) in [4.78, 5) is 4.16. The summed E-state index contributed by atoms with van der Waals surface area (Å²) in [5.74, 6) is 2.30. The van der Waals surface area contributed by atoms with Gasteiger partial charge < -0.3 is 9.73 Å². The fraction of sp³-hybridized carbons (Fsp3) is 0.231. The second-order valence-corrected chi connectivity index (χ2v) is 3.83. The van der Waals surface area contributed by atoms with Crippen LogP contribution >= 0.6 is 0 Å². The van der Waals surface area contributed by atoms with Crippen molar-refractivity contribution in [2.45, 2.75) is 20.4 Å². The summed E-state index contributed by atoms with van der Waals surface area (Å²) < 4.78 is 5.44. The van der Waals surface area contributed by atoms with Crippen LogP contribution in [0.15, 0.2) is 28.8 Å². The standard InChI is InChI=1S/C13H13N3O/c1-9-5-6-15-13(12(9)7-14)16-8-11-4-3-10(2)17-11/h3-6H,8H2,1-2H3,(H,15,16). The van der Waals surface area contributed by atoms with Gasteiger partial charge in [0.15, 0.2) is 0 Å². The van der Waals surface area contributed by atoms with E-state index < -0.39 is 0 Å². The van der Waals surface area contributed by atoms with Gasteiger partial charge in [0.05, 0.1) is 12.1 Å². The molecule has 2 rings (SSSR count). The molecule has 0 saturated heterocycles. The van der Waals surface area contributed by atoms with E-state index in [-0.39, 0.29) is 0 Å². The minimum absolute atomic E-state index is 0.527. The first-order valence-corrected chi connectivity index (χ1v) is 5.35. The Hall–Kier alpha value is -2.28. The molecule has 0 radical (unpaired) electrons. The zero-order chi connectivity index (χ0) is 12.3. The van der Waals surface area contributed by atoms with Crippen molar-refractivity contribution in [2.75, 3.05) is 5.32 Å². The lowest BCUT2D eigenvalue weighted by Gasteiger charge is -2.06. The monoisotopic (exact) mass is 227 g/mol. The molecule has 1 N–H and O–H groups in total. The van der Waals surface area contributed by atoms with Gasteiger partial charge in [-0.2, -0.15) is 5.26 Å². The van der Waals surface area contributed by atoms with Crippen LogP contribution in [-0.4, -0.2) is 4.98 Å². The van der Waals surface area contributed by atoms with Crippen molar-refractivity contribution in [1.82, 2.24) is 4.98 Å². The van der Waals surface area contributed by atoms with Crippen LogP contribution in [0.3, 0.4) is 0 Å². The van der Waals surface area contributed by atoms with Gasteiger partial charge in [0.25, 0.3) is 0 Å². The molecule has 0 atom stereocenters. The molecular weight excluding hydrogens is 214 g/mol. The smallest absolute Gasteiger partial charge is 0.144 e. The van der Waals surface area contributed by atoms with Gasteiger partial charge in [-0.1, -0.05) is 0 Å². The molecule has 2 aromatic heterocycles. The largest absolute Gasteiger partial charge is 0.465 e. The maximum absolute atomic E-state index is 9.05. The molecule has 17 heavy (non-hydrogen) atoms. The number of hydrogen-bond donors (Lipinski definition) is 1. The van der Waals surface area contributed by atoms with Crippen LogP contribution in [0.1, 0.15) is 22.6 Å². The second-order valence-electron chi connectivity index (χ2n) is 3.83. The Bertz CT molecular complexity index is 566. The average molecular weight is 227 g/mol. The molecule has 0 spiro atoms. The Labute approximate surface area is 99.9 Å². The van der Waals surface area contributed by atoms with Gasteiger partial charge in [0.1, 0.15) is 23.4 Å². The number of nitrogens with zero attached hydrogens (tertiary/aromatic N) is 2. The van der Waals surface area contributed by atoms with Gasteiger partial charge in [-0.3, -0.25) is 0 Å². The number of aromatic nitrogens is 1. The fourth-order valence-corrected chi connectivity index (χ4v) is 1.58. The molecule has 0 aliphatic heterocycles. The Kier molecular flexibility index (Phi) is 3.10. The number of hydrogen-bond acceptors (Lipinski definition) is 4. The highest BCUT2D eigenvalue weighted by Crippen LogP contribution is 2.16. The van der Waals surface area contributed by atoms with E-state index in [2.05, 4.69) is 16.4 Å². The maximum atomic E-state index is 9.05. The third kappa shape index (κ3) is 2.45. The number of anilines is 1. The van der Waals surface area contributed by atoms with Gasteiger partial charge in [-0.25, -0.2) is 4.98 Å². The van der Waals surface area contributed by atoms with Crippen LogP contribution in [0.2, 0.25) is 0 Å². The molecule has 0 unspecified atom stereocenters. The van der Waals surface area contributed by atoms with E-state index in [4.69, 9.17) is 9.68 Å². The number of aryl methyl sites for hydroxylation is 2. The molecule has 0 aliphatic rings. The summed E-state index contributed by atoms with van der Waals surface area (Å²) in [5, 5.41) is 12.2. The summed E-state index contributed by atoms with van der Waals surface area (Å²) >= 11 is 0. The van der Waals surface area contributed by atoms with Crippen molar-refractivity contribution in [3.63, 3.8) is 0 Å². The quantitative estimate of drug-likeness (QED) is 0.875. The van der Waals surface area contributed by atoms with Crippen molar-refractivity contribution < 1.29 is 4.42 Å². The molecule has 0 amide bonds. The molecule has 0 aromatic carbocycles. The minimum Gasteiger partial charge on any atom is -0.465 e. The first kappa shape index (κ1) is 11.2. The van der Waals surface area contributed by atoms with Crippen LogP contribution in [-0.2, 0) is 6.54 Å². The lowest BCUT2D eigenvalue weighted by molar-refractivity contribution is 0.490. The Morgan fingerprint density at radius 1 is 1.35 bits per heavy atom. The summed E-state index contributed by atoms with van der Waals surface area (Å²) in [6, 6.07) is 7.79. The molecule has 4 heteroatoms. The lowest BCUT2D eigenvalue weighted by Crippen LogP contribution is -2.03. The molecule has 2 heterocycles. The van der Waals surface area contributed by atoms with E-state index in [1.807, 2.05) is 32.0 Å². The normalized spacial score (nSPS) is 9.94. The Balaban J connectivity index is 2.14. The zero-order valence-electron chi connectivity index (χ0n) is 9.82. The van der Waals surface area contributed by atoms with E-state index in [0.29, 0.717) is 17.9 Å². The van der Waals surface area contributed by atoms with E-state index in [1.54, 1.807) is 6.20 Å². The number of pyridine rings is 1. The number of rotatable bonds is 3. The van der Waals surface area contributed by atoms with E-state index in [1.165, 1.54) is 0 Å². The predicted octanol–water partition coefficient (Wildman–Crippen LogP) is 2.78. The van der Waals surface area contributed by atoms with Crippen LogP contribution in [0.4, 0.5) is 5.82 Å². The molecule has 2 aromatic rings. The van der Waals surface area contributed by atoms with Gasteiger partial charge >= 0.3 is 0 Å². The first-order chi connectivity index (χ1) is 8.20. The third-order valence-corrected chi connectivity index (χ3v) is 2.50. The van der Waals surface area contributed by atoms with E-state index in [0.717, 1.165) is 17.1 Å². The second kappa shape index (κ2) is 4.71. The van der Waals surface area contributed by atoms with Crippen LogP contribution in [0.5, 0.6) is 0 Å². The van der Waals surface area contributed by atoms with E-state index >= 15 is 0 Å². The summed E-state index contributed by atoms with van der Waals surface area (Å²) in [7, 11) is 0. The summed E-state index contributed by atoms with van der Waals surface area (Å²) in [6.07, 6.45) is 1.69. The van der Waals surface area contributed by atoms with Gasteiger partial charge in [-0.15, -0.1) is 0 Å². The molecule has 4 nitrogen and oxygen atoms in total. The highest BCUT2D eigenvalue weighted by Gasteiger charge is 2.06. The minimum atomic E-state index is 0.527. The summed E-state index contributed by atoms with van der Waals surface area (Å²) in [6.45, 7) is 4.32. The number of nitriles is 1. The van der Waals surface area contributed by atoms with Crippen LogP contribution in [0, 0.1) is 25.2 Å². The topological polar surface area (TPSA) is 61.9 Å². The molecule has 86 valence electrons. The number of furan rings is 1. The SMILES string of the molecule is Cc1ccc(CNc2nccc(C)c2C#N)o1. The van der Waals surface area contributed by atoms with Crippen LogP contribution in [0.25, 0.3) is 0 Å². The van der Waals surface area contributed by atoms with Crippen molar-refractivity contribution in [3.05, 3.63) is 47.0 Å².